The Bertz CT molecular complexity index is 1330. The van der Waals surface area contributed by atoms with Gasteiger partial charge in [0.05, 0.1) is 18.9 Å². The van der Waals surface area contributed by atoms with Crippen LogP contribution in [0.2, 0.25) is 0 Å². The topological polar surface area (TPSA) is 107 Å². The normalized spacial score (nSPS) is 11.9. The first-order chi connectivity index (χ1) is 17.4. The first kappa shape index (κ1) is 25.9. The molecule has 1 amide bonds. The number of amides is 1. The first-order valence-corrected chi connectivity index (χ1v) is 13.0. The Hall–Kier alpha value is -3.15. The molecular formula is C26H28N4O4S2. The molecule has 0 radical (unpaired) electrons. The van der Waals surface area contributed by atoms with E-state index in [0.29, 0.717) is 5.13 Å². The van der Waals surface area contributed by atoms with Crippen molar-refractivity contribution < 1.29 is 19.7 Å². The molecule has 3 aromatic carbocycles. The lowest BCUT2D eigenvalue weighted by molar-refractivity contribution is -0.121. The Morgan fingerprint density at radius 2 is 1.92 bits per heavy atom. The second-order valence-corrected chi connectivity index (χ2v) is 9.95. The van der Waals surface area contributed by atoms with Crippen LogP contribution in [0.5, 0.6) is 0 Å². The number of carbonyl (C=O) groups excluding carboxylic acids is 1. The maximum Gasteiger partial charge on any atom is 0.252 e. The number of rotatable bonds is 11. The number of benzene rings is 3. The van der Waals surface area contributed by atoms with Gasteiger partial charge in [0.15, 0.2) is 5.13 Å². The summed E-state index contributed by atoms with van der Waals surface area (Å²) in [5.74, 6) is -0.375. The number of carbonyl (C=O) groups is 1. The van der Waals surface area contributed by atoms with Gasteiger partial charge in [-0.15, -0.1) is 11.3 Å². The van der Waals surface area contributed by atoms with Crippen molar-refractivity contribution in [3.8, 4) is 11.3 Å². The molecule has 1 unspecified atom stereocenters. The zero-order valence-electron chi connectivity index (χ0n) is 20.0. The molecule has 10 heteroatoms. The van der Waals surface area contributed by atoms with Crippen LogP contribution < -0.4 is 14.9 Å². The number of aromatic nitrogens is 1. The van der Waals surface area contributed by atoms with Gasteiger partial charge in [0.2, 0.25) is 0 Å². The number of aliphatic hydroxyl groups is 2. The van der Waals surface area contributed by atoms with Crippen LogP contribution in [0.4, 0.5) is 16.5 Å². The Labute approximate surface area is 218 Å². The van der Waals surface area contributed by atoms with Gasteiger partial charge in [-0.25, -0.2) is 4.98 Å². The third kappa shape index (κ3) is 6.54. The minimum atomic E-state index is -1.00. The molecule has 188 valence electrons. The number of anilines is 3. The van der Waals surface area contributed by atoms with Crippen molar-refractivity contribution in [2.75, 3.05) is 48.9 Å². The second-order valence-electron chi connectivity index (χ2n) is 8.25. The zero-order chi connectivity index (χ0) is 25.5. The van der Waals surface area contributed by atoms with E-state index in [-0.39, 0.29) is 19.1 Å². The van der Waals surface area contributed by atoms with Crippen molar-refractivity contribution in [1.82, 2.24) is 4.98 Å². The summed E-state index contributed by atoms with van der Waals surface area (Å²) >= 11 is 2.88. The van der Waals surface area contributed by atoms with Crippen LogP contribution in [0, 0.1) is 0 Å². The Morgan fingerprint density at radius 3 is 2.72 bits per heavy atom. The Morgan fingerprint density at radius 1 is 1.14 bits per heavy atom. The fourth-order valence-corrected chi connectivity index (χ4v) is 5.08. The van der Waals surface area contributed by atoms with E-state index in [4.69, 9.17) is 9.84 Å². The summed E-state index contributed by atoms with van der Waals surface area (Å²) in [5, 5.41) is 25.5. The largest absolute Gasteiger partial charge is 0.394 e. The molecule has 4 aromatic rings. The van der Waals surface area contributed by atoms with Gasteiger partial charge in [-0.3, -0.25) is 10.1 Å². The van der Waals surface area contributed by atoms with E-state index in [9.17, 15) is 9.90 Å². The average molecular weight is 525 g/mol. The summed E-state index contributed by atoms with van der Waals surface area (Å²) in [7, 11) is 4.10. The number of thiazole rings is 1. The van der Waals surface area contributed by atoms with E-state index in [1.807, 2.05) is 43.7 Å². The number of hydrogen-bond acceptors (Lipinski definition) is 9. The molecule has 4 N–H and O–H groups in total. The lowest BCUT2D eigenvalue weighted by Gasteiger charge is -2.17. The summed E-state index contributed by atoms with van der Waals surface area (Å²) < 4.78 is 8.52. The van der Waals surface area contributed by atoms with E-state index >= 15 is 0 Å². The van der Waals surface area contributed by atoms with Crippen molar-refractivity contribution in [2.24, 2.45) is 0 Å². The highest BCUT2D eigenvalue weighted by Crippen LogP contribution is 2.34. The number of ether oxygens (including phenoxy) is 1. The third-order valence-electron chi connectivity index (χ3n) is 5.28. The van der Waals surface area contributed by atoms with Gasteiger partial charge in [-0.1, -0.05) is 36.4 Å². The van der Waals surface area contributed by atoms with E-state index in [0.717, 1.165) is 21.8 Å². The fourth-order valence-electron chi connectivity index (χ4n) is 3.56. The highest BCUT2D eigenvalue weighted by Gasteiger charge is 2.11. The zero-order valence-corrected chi connectivity index (χ0v) is 21.6. The van der Waals surface area contributed by atoms with Crippen LogP contribution in [0.15, 0.2) is 70.9 Å². The van der Waals surface area contributed by atoms with E-state index in [1.54, 1.807) is 11.9 Å². The molecule has 0 spiro atoms. The van der Waals surface area contributed by atoms with E-state index in [2.05, 4.69) is 56.3 Å². The number of aliphatic hydroxyl groups excluding tert-OH is 2. The maximum absolute atomic E-state index is 12.0. The van der Waals surface area contributed by atoms with Gasteiger partial charge < -0.3 is 24.6 Å². The van der Waals surface area contributed by atoms with Crippen molar-refractivity contribution in [2.45, 2.75) is 11.0 Å². The summed E-state index contributed by atoms with van der Waals surface area (Å²) in [6, 6.07) is 20.6. The molecule has 1 atom stereocenters. The van der Waals surface area contributed by atoms with Gasteiger partial charge in [0, 0.05) is 46.7 Å². The highest BCUT2D eigenvalue weighted by molar-refractivity contribution is 8.00. The van der Waals surface area contributed by atoms with Gasteiger partial charge in [0.1, 0.15) is 12.7 Å². The van der Waals surface area contributed by atoms with Crippen molar-refractivity contribution in [3.63, 3.8) is 0 Å². The molecule has 4 rings (SSSR count). The molecule has 0 saturated heterocycles. The predicted molar refractivity (Wildman–Crippen MR) is 148 cm³/mol. The molecule has 1 heterocycles. The van der Waals surface area contributed by atoms with E-state index < -0.39 is 12.7 Å². The number of fused-ring (bicyclic) bond motifs is 1. The van der Waals surface area contributed by atoms with Crippen LogP contribution >= 0.6 is 23.3 Å². The number of nitrogens with one attached hydrogen (secondary N) is 2. The van der Waals surface area contributed by atoms with Crippen LogP contribution in [-0.4, -0.2) is 61.1 Å². The molecule has 0 aliphatic carbocycles. The predicted octanol–water partition coefficient (Wildman–Crippen LogP) is 4.46. The summed E-state index contributed by atoms with van der Waals surface area (Å²) in [4.78, 5) is 19.8. The highest BCUT2D eigenvalue weighted by atomic mass is 32.2. The quantitative estimate of drug-likeness (QED) is 0.213. The standard InChI is InChI=1S/C26H28N4O4S2/c1-30(2)23-10-4-9-21-20(23)8-5-11-24(21)36-29-18-7-3-6-17(12-18)22-16-35-26(27-22)28-25(33)15-34-14-19(32)13-31/h3-12,16,19,29,31-32H,13-15H2,1-2H3,(H,27,28,33). The van der Waals surface area contributed by atoms with Crippen LogP contribution in [-0.2, 0) is 9.53 Å². The minimum Gasteiger partial charge on any atom is -0.394 e. The Kier molecular flexibility index (Phi) is 8.79. The monoisotopic (exact) mass is 524 g/mol. The lowest BCUT2D eigenvalue weighted by atomic mass is 10.1. The van der Waals surface area contributed by atoms with Gasteiger partial charge in [-0.05, 0) is 41.6 Å². The molecule has 0 fully saturated rings. The average Bonchev–Trinajstić information content (AvgIpc) is 3.35. The number of hydrogen-bond donors (Lipinski definition) is 4. The van der Waals surface area contributed by atoms with Gasteiger partial charge in [0.25, 0.3) is 5.91 Å². The molecule has 1 aromatic heterocycles. The lowest BCUT2D eigenvalue weighted by Crippen LogP contribution is -2.24. The van der Waals surface area contributed by atoms with Crippen molar-refractivity contribution in [1.29, 1.82) is 0 Å². The summed E-state index contributed by atoms with van der Waals surface area (Å²) in [6.45, 7) is -0.754. The molecular weight excluding hydrogens is 496 g/mol. The minimum absolute atomic E-state index is 0.111. The SMILES string of the molecule is CN(C)c1cccc2c(SNc3cccc(-c4csc(NC(=O)COCC(O)CO)n4)c3)cccc12. The Balaban J connectivity index is 1.40. The third-order valence-corrected chi connectivity index (χ3v) is 6.95. The summed E-state index contributed by atoms with van der Waals surface area (Å²) in [6.07, 6.45) is -1.00. The van der Waals surface area contributed by atoms with Crippen molar-refractivity contribution in [3.05, 3.63) is 66.0 Å². The first-order valence-electron chi connectivity index (χ1n) is 11.3. The summed E-state index contributed by atoms with van der Waals surface area (Å²) in [5.41, 5.74) is 3.79. The van der Waals surface area contributed by atoms with Crippen LogP contribution in [0.1, 0.15) is 0 Å². The van der Waals surface area contributed by atoms with Crippen LogP contribution in [0.3, 0.4) is 0 Å². The van der Waals surface area contributed by atoms with Gasteiger partial charge >= 0.3 is 0 Å². The number of nitrogens with zero attached hydrogens (tertiary/aromatic N) is 2. The fraction of sp³-hybridized carbons (Fsp3) is 0.231. The molecule has 0 aliphatic rings. The molecule has 0 aliphatic heterocycles. The molecule has 0 bridgehead atoms. The maximum atomic E-state index is 12.0. The molecule has 36 heavy (non-hydrogen) atoms. The molecule has 0 saturated carbocycles. The molecule has 8 nitrogen and oxygen atoms in total. The second kappa shape index (κ2) is 12.2. The van der Waals surface area contributed by atoms with Gasteiger partial charge in [-0.2, -0.15) is 0 Å². The smallest absolute Gasteiger partial charge is 0.252 e. The van der Waals surface area contributed by atoms with E-state index in [1.165, 1.54) is 27.8 Å². The van der Waals surface area contributed by atoms with Crippen LogP contribution in [0.25, 0.3) is 22.0 Å². The van der Waals surface area contributed by atoms with Crippen molar-refractivity contribution >= 4 is 56.5 Å².